The average molecular weight is 203 g/mol. The van der Waals surface area contributed by atoms with Gasteiger partial charge in [-0.3, -0.25) is 4.79 Å². The number of aliphatic carboxylic acids is 1. The van der Waals surface area contributed by atoms with Crippen molar-refractivity contribution in [2.45, 2.75) is 12.5 Å². The fourth-order valence-corrected chi connectivity index (χ4v) is 0.715. The van der Waals surface area contributed by atoms with Crippen LogP contribution in [0.25, 0.3) is 0 Å². The highest BCUT2D eigenvalue weighted by Crippen LogP contribution is 1.92. The Labute approximate surface area is 81.2 Å². The SMILES string of the molecule is C=CCOC(=O)NC(CO)CC(=O)O. The summed E-state index contributed by atoms with van der Waals surface area (Å²) >= 11 is 0. The number of hydrogen-bond acceptors (Lipinski definition) is 4. The predicted molar refractivity (Wildman–Crippen MR) is 47.8 cm³/mol. The molecule has 0 aromatic heterocycles. The van der Waals surface area contributed by atoms with E-state index in [1.807, 2.05) is 0 Å². The number of aliphatic hydroxyl groups excluding tert-OH is 1. The maximum Gasteiger partial charge on any atom is 0.407 e. The second-order valence-corrected chi connectivity index (χ2v) is 2.51. The average Bonchev–Trinajstić information content (AvgIpc) is 2.12. The van der Waals surface area contributed by atoms with Gasteiger partial charge in [0.1, 0.15) is 6.61 Å². The molecule has 14 heavy (non-hydrogen) atoms. The normalized spacial score (nSPS) is 11.5. The van der Waals surface area contributed by atoms with Crippen molar-refractivity contribution in [2.75, 3.05) is 13.2 Å². The highest BCUT2D eigenvalue weighted by molar-refractivity contribution is 5.71. The molecule has 6 nitrogen and oxygen atoms in total. The summed E-state index contributed by atoms with van der Waals surface area (Å²) in [6.45, 7) is 2.92. The lowest BCUT2D eigenvalue weighted by Crippen LogP contribution is -2.39. The number of carbonyl (C=O) groups excluding carboxylic acids is 1. The Bertz CT molecular complexity index is 216. The summed E-state index contributed by atoms with van der Waals surface area (Å²) in [5.74, 6) is -1.10. The molecule has 0 aromatic carbocycles. The molecule has 0 heterocycles. The molecule has 0 fully saturated rings. The van der Waals surface area contributed by atoms with Gasteiger partial charge in [-0.05, 0) is 0 Å². The van der Waals surface area contributed by atoms with Crippen LogP contribution in [0.1, 0.15) is 6.42 Å². The van der Waals surface area contributed by atoms with Crippen LogP contribution in [0.4, 0.5) is 4.79 Å². The molecule has 0 radical (unpaired) electrons. The minimum atomic E-state index is -1.10. The van der Waals surface area contributed by atoms with E-state index < -0.39 is 24.7 Å². The quantitative estimate of drug-likeness (QED) is 0.516. The molecule has 0 bridgehead atoms. The number of rotatable bonds is 6. The van der Waals surface area contributed by atoms with Gasteiger partial charge in [0.25, 0.3) is 0 Å². The summed E-state index contributed by atoms with van der Waals surface area (Å²) in [7, 11) is 0. The van der Waals surface area contributed by atoms with Crippen molar-refractivity contribution in [2.24, 2.45) is 0 Å². The van der Waals surface area contributed by atoms with Gasteiger partial charge in [0.2, 0.25) is 0 Å². The monoisotopic (exact) mass is 203 g/mol. The molecule has 0 aliphatic rings. The number of ether oxygens (including phenoxy) is 1. The van der Waals surface area contributed by atoms with Gasteiger partial charge in [-0.2, -0.15) is 0 Å². The van der Waals surface area contributed by atoms with Crippen molar-refractivity contribution in [1.29, 1.82) is 0 Å². The molecule has 0 aromatic rings. The summed E-state index contributed by atoms with van der Waals surface area (Å²) in [4.78, 5) is 21.1. The first-order chi connectivity index (χ1) is 6.60. The largest absolute Gasteiger partial charge is 0.481 e. The summed E-state index contributed by atoms with van der Waals surface area (Å²) < 4.78 is 4.53. The smallest absolute Gasteiger partial charge is 0.407 e. The number of nitrogens with one attached hydrogen (secondary N) is 1. The Kier molecular flexibility index (Phi) is 6.13. The topological polar surface area (TPSA) is 95.9 Å². The van der Waals surface area contributed by atoms with E-state index in [2.05, 4.69) is 16.6 Å². The van der Waals surface area contributed by atoms with E-state index >= 15 is 0 Å². The van der Waals surface area contributed by atoms with Gasteiger partial charge in [0.05, 0.1) is 19.1 Å². The van der Waals surface area contributed by atoms with E-state index in [9.17, 15) is 9.59 Å². The van der Waals surface area contributed by atoms with E-state index in [-0.39, 0.29) is 13.0 Å². The van der Waals surface area contributed by atoms with Gasteiger partial charge in [-0.1, -0.05) is 12.7 Å². The number of hydrogen-bond donors (Lipinski definition) is 3. The van der Waals surface area contributed by atoms with Crippen LogP contribution in [0.15, 0.2) is 12.7 Å². The summed E-state index contributed by atoms with van der Waals surface area (Å²) in [5, 5.41) is 19.3. The van der Waals surface area contributed by atoms with Crippen LogP contribution in [0, 0.1) is 0 Å². The van der Waals surface area contributed by atoms with Crippen molar-refractivity contribution in [1.82, 2.24) is 5.32 Å². The molecule has 6 heteroatoms. The summed E-state index contributed by atoms with van der Waals surface area (Å²) in [5.41, 5.74) is 0. The molecule has 0 saturated heterocycles. The van der Waals surface area contributed by atoms with Gasteiger partial charge in [0, 0.05) is 0 Å². The second kappa shape index (κ2) is 6.90. The van der Waals surface area contributed by atoms with Crippen molar-refractivity contribution >= 4 is 12.1 Å². The van der Waals surface area contributed by atoms with Gasteiger partial charge < -0.3 is 20.3 Å². The Balaban J connectivity index is 3.85. The molecule has 80 valence electrons. The van der Waals surface area contributed by atoms with Crippen LogP contribution in [0.2, 0.25) is 0 Å². The van der Waals surface area contributed by atoms with Crippen LogP contribution in [0.3, 0.4) is 0 Å². The van der Waals surface area contributed by atoms with E-state index in [1.165, 1.54) is 6.08 Å². The molecule has 3 N–H and O–H groups in total. The zero-order valence-electron chi connectivity index (χ0n) is 7.60. The number of alkyl carbamates (subject to hydrolysis) is 1. The first kappa shape index (κ1) is 12.4. The lowest BCUT2D eigenvalue weighted by atomic mass is 10.2. The molecular formula is C8H13NO5. The predicted octanol–water partition coefficient (Wildman–Crippen LogP) is -0.266. The maximum absolute atomic E-state index is 10.9. The lowest BCUT2D eigenvalue weighted by Gasteiger charge is -2.13. The van der Waals surface area contributed by atoms with Gasteiger partial charge in [-0.15, -0.1) is 0 Å². The number of carboxylic acid groups (broad SMARTS) is 1. The van der Waals surface area contributed by atoms with Crippen LogP contribution in [-0.2, 0) is 9.53 Å². The first-order valence-electron chi connectivity index (χ1n) is 3.97. The fraction of sp³-hybridized carbons (Fsp3) is 0.500. The third-order valence-electron chi connectivity index (χ3n) is 1.30. The summed E-state index contributed by atoms with van der Waals surface area (Å²) in [6, 6.07) is -0.829. The lowest BCUT2D eigenvalue weighted by molar-refractivity contribution is -0.137. The van der Waals surface area contributed by atoms with E-state index in [0.29, 0.717) is 0 Å². The van der Waals surface area contributed by atoms with Crippen molar-refractivity contribution in [3.63, 3.8) is 0 Å². The van der Waals surface area contributed by atoms with Gasteiger partial charge >= 0.3 is 12.1 Å². The Morgan fingerprint density at radius 2 is 2.21 bits per heavy atom. The number of carbonyl (C=O) groups is 2. The van der Waals surface area contributed by atoms with Crippen molar-refractivity contribution < 1.29 is 24.5 Å². The summed E-state index contributed by atoms with van der Waals surface area (Å²) in [6.07, 6.45) is 0.259. The van der Waals surface area contributed by atoms with Crippen LogP contribution in [-0.4, -0.2) is 41.5 Å². The Hall–Kier alpha value is -1.56. The Morgan fingerprint density at radius 3 is 2.64 bits per heavy atom. The molecule has 0 aliphatic carbocycles. The molecule has 0 saturated carbocycles. The maximum atomic E-state index is 10.9. The standard InChI is InChI=1S/C8H13NO5/c1-2-3-14-8(13)9-6(5-10)4-7(11)12/h2,6,10H,1,3-5H2,(H,9,13)(H,11,12). The Morgan fingerprint density at radius 1 is 1.57 bits per heavy atom. The van der Waals surface area contributed by atoms with E-state index in [1.54, 1.807) is 0 Å². The molecule has 0 rings (SSSR count). The number of aliphatic hydroxyl groups is 1. The number of carboxylic acids is 1. The highest BCUT2D eigenvalue weighted by atomic mass is 16.5. The van der Waals surface area contributed by atoms with Gasteiger partial charge in [0.15, 0.2) is 0 Å². The fourth-order valence-electron chi connectivity index (χ4n) is 0.715. The molecule has 1 amide bonds. The van der Waals surface area contributed by atoms with Crippen molar-refractivity contribution in [3.8, 4) is 0 Å². The van der Waals surface area contributed by atoms with Crippen LogP contribution in [0.5, 0.6) is 0 Å². The number of amides is 1. The zero-order chi connectivity index (χ0) is 11.0. The van der Waals surface area contributed by atoms with Crippen LogP contribution >= 0.6 is 0 Å². The molecule has 0 aliphatic heterocycles. The highest BCUT2D eigenvalue weighted by Gasteiger charge is 2.15. The van der Waals surface area contributed by atoms with Crippen LogP contribution < -0.4 is 5.32 Å². The second-order valence-electron chi connectivity index (χ2n) is 2.51. The van der Waals surface area contributed by atoms with E-state index in [0.717, 1.165) is 0 Å². The van der Waals surface area contributed by atoms with Crippen molar-refractivity contribution in [3.05, 3.63) is 12.7 Å². The third kappa shape index (κ3) is 6.01. The molecule has 1 atom stereocenters. The first-order valence-corrected chi connectivity index (χ1v) is 3.97. The zero-order valence-corrected chi connectivity index (χ0v) is 7.60. The van der Waals surface area contributed by atoms with E-state index in [4.69, 9.17) is 10.2 Å². The molecular weight excluding hydrogens is 190 g/mol. The third-order valence-corrected chi connectivity index (χ3v) is 1.30. The molecule has 1 unspecified atom stereocenters. The minimum Gasteiger partial charge on any atom is -0.481 e. The minimum absolute atomic E-state index is 0.0387. The van der Waals surface area contributed by atoms with Gasteiger partial charge in [-0.25, -0.2) is 4.79 Å². The molecule has 0 spiro atoms.